The third-order valence-corrected chi connectivity index (χ3v) is 4.65. The Morgan fingerprint density at radius 3 is 2.74 bits per heavy atom. The number of nitrogens with one attached hydrogen (secondary N) is 1. The van der Waals surface area contributed by atoms with Gasteiger partial charge in [0.1, 0.15) is 6.29 Å². The van der Waals surface area contributed by atoms with Crippen LogP contribution in [-0.2, 0) is 4.79 Å². The van der Waals surface area contributed by atoms with Gasteiger partial charge in [-0.25, -0.2) is 4.79 Å². The Kier molecular flexibility index (Phi) is 6.89. The summed E-state index contributed by atoms with van der Waals surface area (Å²) in [7, 11) is 0. The highest BCUT2D eigenvalue weighted by molar-refractivity contribution is 9.10. The van der Waals surface area contributed by atoms with Crippen LogP contribution in [0.4, 0.5) is 10.5 Å². The molecular formula is C17H24BrN3O2. The first kappa shape index (κ1) is 17.8. The maximum Gasteiger partial charge on any atom is 0.317 e. The molecule has 23 heavy (non-hydrogen) atoms. The van der Waals surface area contributed by atoms with Gasteiger partial charge in [-0.1, -0.05) is 15.9 Å². The molecule has 0 radical (unpaired) electrons. The number of rotatable bonds is 6. The zero-order valence-corrected chi connectivity index (χ0v) is 15.1. The van der Waals surface area contributed by atoms with E-state index < -0.39 is 0 Å². The van der Waals surface area contributed by atoms with Gasteiger partial charge in [0.05, 0.1) is 6.04 Å². The van der Waals surface area contributed by atoms with Crippen LogP contribution in [0.25, 0.3) is 0 Å². The number of nitrogens with zero attached hydrogens (tertiary/aromatic N) is 2. The quantitative estimate of drug-likeness (QED) is 0.608. The van der Waals surface area contributed by atoms with Gasteiger partial charge in [-0.3, -0.25) is 0 Å². The summed E-state index contributed by atoms with van der Waals surface area (Å²) in [4.78, 5) is 27.1. The van der Waals surface area contributed by atoms with Crippen LogP contribution in [0.5, 0.6) is 0 Å². The normalized spacial score (nSPS) is 17.9. The predicted molar refractivity (Wildman–Crippen MR) is 95.8 cm³/mol. The number of halogens is 1. The molecule has 2 amide bonds. The first-order chi connectivity index (χ1) is 11.2. The van der Waals surface area contributed by atoms with Gasteiger partial charge in [0.2, 0.25) is 0 Å². The maximum absolute atomic E-state index is 12.2. The molecule has 2 rings (SSSR count). The fourth-order valence-corrected chi connectivity index (χ4v) is 3.21. The highest BCUT2D eigenvalue weighted by Gasteiger charge is 2.29. The Balaban J connectivity index is 2.06. The zero-order valence-electron chi connectivity index (χ0n) is 13.5. The molecule has 1 N–H and O–H groups in total. The molecule has 5 nitrogen and oxygen atoms in total. The molecule has 1 aromatic carbocycles. The summed E-state index contributed by atoms with van der Waals surface area (Å²) in [5.74, 6) is 0. The van der Waals surface area contributed by atoms with Crippen molar-refractivity contribution >= 4 is 33.9 Å². The van der Waals surface area contributed by atoms with E-state index in [1.807, 2.05) is 24.0 Å². The van der Waals surface area contributed by atoms with E-state index in [9.17, 15) is 9.59 Å². The summed E-state index contributed by atoms with van der Waals surface area (Å²) in [5, 5.41) is 2.89. The average molecular weight is 382 g/mol. The van der Waals surface area contributed by atoms with E-state index in [0.29, 0.717) is 19.5 Å². The van der Waals surface area contributed by atoms with E-state index in [2.05, 4.69) is 38.3 Å². The van der Waals surface area contributed by atoms with Crippen LogP contribution in [-0.4, -0.2) is 49.4 Å². The zero-order chi connectivity index (χ0) is 16.7. The van der Waals surface area contributed by atoms with Gasteiger partial charge in [-0.2, -0.15) is 0 Å². The molecule has 6 heteroatoms. The molecule has 1 unspecified atom stereocenters. The van der Waals surface area contributed by atoms with Crippen LogP contribution < -0.4 is 10.2 Å². The minimum absolute atomic E-state index is 0.000871. The van der Waals surface area contributed by atoms with Gasteiger partial charge in [0, 0.05) is 42.8 Å². The van der Waals surface area contributed by atoms with Crippen molar-refractivity contribution in [1.82, 2.24) is 10.2 Å². The van der Waals surface area contributed by atoms with Crippen molar-refractivity contribution in [3.8, 4) is 0 Å². The van der Waals surface area contributed by atoms with Gasteiger partial charge >= 0.3 is 6.03 Å². The van der Waals surface area contributed by atoms with Gasteiger partial charge in [-0.05, 0) is 44.0 Å². The molecule has 1 saturated heterocycles. The molecule has 1 atom stereocenters. The molecule has 0 aromatic heterocycles. The molecular weight excluding hydrogens is 358 g/mol. The lowest BCUT2D eigenvalue weighted by Crippen LogP contribution is -2.57. The highest BCUT2D eigenvalue weighted by Crippen LogP contribution is 2.23. The van der Waals surface area contributed by atoms with E-state index in [4.69, 9.17) is 0 Å². The van der Waals surface area contributed by atoms with Gasteiger partial charge in [0.15, 0.2) is 0 Å². The van der Waals surface area contributed by atoms with E-state index in [1.165, 1.54) is 5.69 Å². The van der Waals surface area contributed by atoms with Crippen LogP contribution in [0.15, 0.2) is 28.7 Å². The number of carbonyl (C=O) groups is 2. The molecule has 1 fully saturated rings. The third kappa shape index (κ3) is 4.96. The number of piperazine rings is 1. The van der Waals surface area contributed by atoms with E-state index >= 15 is 0 Å². The summed E-state index contributed by atoms with van der Waals surface area (Å²) >= 11 is 3.46. The van der Waals surface area contributed by atoms with E-state index in [-0.39, 0.29) is 12.1 Å². The number of benzene rings is 1. The SMILES string of the molecule is CCNC(=O)N1CCN(c2ccc(Br)cc2)CC1CCCC=O. The van der Waals surface area contributed by atoms with Crippen molar-refractivity contribution in [2.24, 2.45) is 0 Å². The molecule has 1 heterocycles. The first-order valence-corrected chi connectivity index (χ1v) is 8.93. The number of amides is 2. The third-order valence-electron chi connectivity index (χ3n) is 4.12. The largest absolute Gasteiger partial charge is 0.368 e. The number of unbranched alkanes of at least 4 members (excludes halogenated alkanes) is 1. The fraction of sp³-hybridized carbons (Fsp3) is 0.529. The van der Waals surface area contributed by atoms with E-state index in [0.717, 1.165) is 36.7 Å². The molecule has 1 aliphatic heterocycles. The van der Waals surface area contributed by atoms with Crippen molar-refractivity contribution in [1.29, 1.82) is 0 Å². The minimum Gasteiger partial charge on any atom is -0.368 e. The lowest BCUT2D eigenvalue weighted by atomic mass is 10.0. The minimum atomic E-state index is -0.000871. The predicted octanol–water partition coefficient (Wildman–Crippen LogP) is 3.04. The molecule has 0 spiro atoms. The van der Waals surface area contributed by atoms with Gasteiger partial charge < -0.3 is 19.9 Å². The Morgan fingerprint density at radius 1 is 1.35 bits per heavy atom. The van der Waals surface area contributed by atoms with Crippen molar-refractivity contribution in [2.75, 3.05) is 31.1 Å². The van der Waals surface area contributed by atoms with Gasteiger partial charge in [0.25, 0.3) is 0 Å². The Labute approximate surface area is 146 Å². The fourth-order valence-electron chi connectivity index (χ4n) is 2.95. The van der Waals surface area contributed by atoms with Crippen LogP contribution >= 0.6 is 15.9 Å². The summed E-state index contributed by atoms with van der Waals surface area (Å²) in [6.45, 7) is 4.89. The highest BCUT2D eigenvalue weighted by atomic mass is 79.9. The number of anilines is 1. The van der Waals surface area contributed by atoms with E-state index in [1.54, 1.807) is 0 Å². The van der Waals surface area contributed by atoms with Crippen molar-refractivity contribution in [3.63, 3.8) is 0 Å². The second kappa shape index (κ2) is 8.91. The van der Waals surface area contributed by atoms with Crippen molar-refractivity contribution in [3.05, 3.63) is 28.7 Å². The summed E-state index contributed by atoms with van der Waals surface area (Å²) in [6, 6.07) is 8.39. The lowest BCUT2D eigenvalue weighted by molar-refractivity contribution is -0.108. The second-order valence-electron chi connectivity index (χ2n) is 5.70. The lowest BCUT2D eigenvalue weighted by Gasteiger charge is -2.42. The number of aldehydes is 1. The van der Waals surface area contributed by atoms with Crippen molar-refractivity contribution in [2.45, 2.75) is 32.2 Å². The van der Waals surface area contributed by atoms with Crippen LogP contribution in [0.3, 0.4) is 0 Å². The Bertz CT molecular complexity index is 521. The van der Waals surface area contributed by atoms with Crippen molar-refractivity contribution < 1.29 is 9.59 Å². The summed E-state index contributed by atoms with van der Waals surface area (Å²) in [6.07, 6.45) is 3.17. The smallest absolute Gasteiger partial charge is 0.317 e. The summed E-state index contributed by atoms with van der Waals surface area (Å²) < 4.78 is 1.06. The molecule has 1 aromatic rings. The van der Waals surface area contributed by atoms with Crippen LogP contribution in [0.1, 0.15) is 26.2 Å². The van der Waals surface area contributed by atoms with Crippen LogP contribution in [0, 0.1) is 0 Å². The number of hydrogen-bond donors (Lipinski definition) is 1. The average Bonchev–Trinajstić information content (AvgIpc) is 2.56. The molecule has 0 saturated carbocycles. The maximum atomic E-state index is 12.2. The van der Waals surface area contributed by atoms with Gasteiger partial charge in [-0.15, -0.1) is 0 Å². The molecule has 1 aliphatic rings. The van der Waals surface area contributed by atoms with Crippen LogP contribution in [0.2, 0.25) is 0 Å². The number of carbonyl (C=O) groups excluding carboxylic acids is 2. The number of urea groups is 1. The Hall–Kier alpha value is -1.56. The standard InChI is InChI=1S/C17H24BrN3O2/c1-2-19-17(23)21-11-10-20(13-16(21)5-3-4-12-22)15-8-6-14(18)7-9-15/h6-9,12,16H,2-5,10-11,13H2,1H3,(H,19,23). The molecule has 126 valence electrons. The monoisotopic (exact) mass is 381 g/mol. The summed E-state index contributed by atoms with van der Waals surface area (Å²) in [5.41, 5.74) is 1.17. The molecule has 0 aliphatic carbocycles. The second-order valence-corrected chi connectivity index (χ2v) is 6.62. The topological polar surface area (TPSA) is 52.7 Å². The number of hydrogen-bond acceptors (Lipinski definition) is 3. The molecule has 0 bridgehead atoms. The Morgan fingerprint density at radius 2 is 2.09 bits per heavy atom. The first-order valence-electron chi connectivity index (χ1n) is 8.14.